The van der Waals surface area contributed by atoms with Crippen molar-refractivity contribution in [2.75, 3.05) is 0 Å². The smallest absolute Gasteiger partial charge is 0.227 e. The first-order chi connectivity index (χ1) is 17.4. The molecule has 6 rings (SSSR count). The van der Waals surface area contributed by atoms with Crippen molar-refractivity contribution in [3.05, 3.63) is 106 Å². The second-order valence-electron chi connectivity index (χ2n) is 9.42. The highest BCUT2D eigenvalue weighted by Gasteiger charge is 2.11. The highest BCUT2D eigenvalue weighted by molar-refractivity contribution is 5.80. The van der Waals surface area contributed by atoms with Crippen LogP contribution in [-0.2, 0) is 0 Å². The van der Waals surface area contributed by atoms with Gasteiger partial charge in [-0.05, 0) is 110 Å². The fraction of sp³-hybridized carbons (Fsp3) is 0.125. The number of hydrogen-bond donors (Lipinski definition) is 0. The maximum absolute atomic E-state index is 6.00. The topological polar surface area (TPSA) is 52.1 Å². The normalized spacial score (nSPS) is 11.8. The minimum atomic E-state index is 0.644. The molecule has 4 aromatic carbocycles. The standard InChI is InChI=1S/C32H26N2O2/c1-19-15-27-29(17-21(19)3)35-31(33-27)25-11-7-23(8-12-25)5-6-24-9-13-26(14-10-24)32-34-28-16-20(2)22(4)18-30(28)36-32/h5-18H,1-4H3/b6-5+. The predicted octanol–water partition coefficient (Wildman–Crippen LogP) is 8.71. The highest BCUT2D eigenvalue weighted by atomic mass is 16.4. The Hall–Kier alpha value is -4.44. The molecule has 4 heteroatoms. The van der Waals surface area contributed by atoms with Gasteiger partial charge in [-0.25, -0.2) is 9.97 Å². The molecule has 0 aliphatic carbocycles. The number of hydrogen-bond acceptors (Lipinski definition) is 4. The third-order valence-corrected chi connectivity index (χ3v) is 6.79. The van der Waals surface area contributed by atoms with E-state index in [0.717, 1.165) is 44.5 Å². The van der Waals surface area contributed by atoms with Crippen LogP contribution in [0.4, 0.5) is 0 Å². The molecule has 0 radical (unpaired) electrons. The number of rotatable bonds is 4. The fourth-order valence-electron chi connectivity index (χ4n) is 4.27. The van der Waals surface area contributed by atoms with Crippen LogP contribution in [0.5, 0.6) is 0 Å². The van der Waals surface area contributed by atoms with E-state index in [9.17, 15) is 0 Å². The van der Waals surface area contributed by atoms with Gasteiger partial charge in [0.1, 0.15) is 11.0 Å². The van der Waals surface area contributed by atoms with E-state index in [2.05, 4.69) is 98.3 Å². The van der Waals surface area contributed by atoms with Gasteiger partial charge >= 0.3 is 0 Å². The number of oxazole rings is 2. The zero-order valence-electron chi connectivity index (χ0n) is 20.8. The van der Waals surface area contributed by atoms with Crippen LogP contribution < -0.4 is 0 Å². The van der Waals surface area contributed by atoms with Crippen molar-refractivity contribution in [1.82, 2.24) is 9.97 Å². The number of nitrogens with zero attached hydrogens (tertiary/aromatic N) is 2. The van der Waals surface area contributed by atoms with Crippen molar-refractivity contribution in [3.8, 4) is 22.9 Å². The molecular formula is C32H26N2O2. The number of benzene rings is 4. The molecule has 0 N–H and O–H groups in total. The summed E-state index contributed by atoms with van der Waals surface area (Å²) in [5, 5.41) is 0. The number of aromatic nitrogens is 2. The van der Waals surface area contributed by atoms with Gasteiger partial charge in [0.25, 0.3) is 0 Å². The SMILES string of the molecule is Cc1cc2nc(-c3ccc(/C=C/c4ccc(-c5nc6cc(C)c(C)cc6o5)cc4)cc3)oc2cc1C. The largest absolute Gasteiger partial charge is 0.436 e. The molecule has 0 bridgehead atoms. The molecule has 0 spiro atoms. The van der Waals surface area contributed by atoms with Crippen molar-refractivity contribution < 1.29 is 8.83 Å². The Labute approximate surface area is 209 Å². The maximum atomic E-state index is 6.00. The van der Waals surface area contributed by atoms with Crippen LogP contribution in [0.3, 0.4) is 0 Å². The van der Waals surface area contributed by atoms with Crippen LogP contribution in [0.15, 0.2) is 81.6 Å². The molecule has 4 nitrogen and oxygen atoms in total. The molecule has 2 aromatic heterocycles. The van der Waals surface area contributed by atoms with E-state index in [4.69, 9.17) is 8.83 Å². The quantitative estimate of drug-likeness (QED) is 0.242. The van der Waals surface area contributed by atoms with Crippen molar-refractivity contribution in [3.63, 3.8) is 0 Å². The van der Waals surface area contributed by atoms with Crippen LogP contribution in [-0.4, -0.2) is 9.97 Å². The van der Waals surface area contributed by atoms with E-state index < -0.39 is 0 Å². The van der Waals surface area contributed by atoms with Crippen LogP contribution in [0.25, 0.3) is 57.3 Å². The summed E-state index contributed by atoms with van der Waals surface area (Å²) in [7, 11) is 0. The van der Waals surface area contributed by atoms with Gasteiger partial charge in [0, 0.05) is 11.1 Å². The molecule has 2 heterocycles. The molecule has 6 aromatic rings. The monoisotopic (exact) mass is 470 g/mol. The van der Waals surface area contributed by atoms with Crippen molar-refractivity contribution in [2.24, 2.45) is 0 Å². The Morgan fingerprint density at radius 2 is 0.861 bits per heavy atom. The summed E-state index contributed by atoms with van der Waals surface area (Å²) in [5.74, 6) is 1.29. The minimum Gasteiger partial charge on any atom is -0.436 e. The maximum Gasteiger partial charge on any atom is 0.227 e. The zero-order chi connectivity index (χ0) is 24.8. The Balaban J connectivity index is 1.18. The lowest BCUT2D eigenvalue weighted by molar-refractivity contribution is 0.619. The zero-order valence-corrected chi connectivity index (χ0v) is 20.8. The van der Waals surface area contributed by atoms with E-state index in [1.54, 1.807) is 0 Å². The summed E-state index contributed by atoms with van der Waals surface area (Å²) in [6, 6.07) is 24.7. The summed E-state index contributed by atoms with van der Waals surface area (Å²) in [5.41, 5.74) is 12.4. The third kappa shape index (κ3) is 4.11. The molecule has 176 valence electrons. The van der Waals surface area contributed by atoms with Crippen LogP contribution in [0, 0.1) is 27.7 Å². The summed E-state index contributed by atoms with van der Waals surface area (Å²) in [6.45, 7) is 8.36. The number of fused-ring (bicyclic) bond motifs is 2. The first kappa shape index (κ1) is 22.1. The van der Waals surface area contributed by atoms with E-state index >= 15 is 0 Å². The molecule has 36 heavy (non-hydrogen) atoms. The van der Waals surface area contributed by atoms with Gasteiger partial charge < -0.3 is 8.83 Å². The lowest BCUT2D eigenvalue weighted by atomic mass is 10.1. The van der Waals surface area contributed by atoms with E-state index in [1.807, 2.05) is 24.3 Å². The minimum absolute atomic E-state index is 0.644. The summed E-state index contributed by atoms with van der Waals surface area (Å²) < 4.78 is 12.0. The average Bonchev–Trinajstić information content (AvgIpc) is 3.47. The molecule has 0 aliphatic rings. The summed E-state index contributed by atoms with van der Waals surface area (Å²) in [6.07, 6.45) is 4.20. The van der Waals surface area contributed by atoms with Crippen molar-refractivity contribution >= 4 is 34.4 Å². The highest BCUT2D eigenvalue weighted by Crippen LogP contribution is 2.28. The molecule has 0 saturated heterocycles. The second kappa shape index (κ2) is 8.65. The van der Waals surface area contributed by atoms with Gasteiger partial charge in [-0.2, -0.15) is 0 Å². The molecule has 0 saturated carbocycles. The molecule has 0 fully saturated rings. The van der Waals surface area contributed by atoms with E-state index in [1.165, 1.54) is 22.3 Å². The predicted molar refractivity (Wildman–Crippen MR) is 147 cm³/mol. The first-order valence-corrected chi connectivity index (χ1v) is 12.1. The van der Waals surface area contributed by atoms with Gasteiger partial charge in [0.05, 0.1) is 0 Å². The first-order valence-electron chi connectivity index (χ1n) is 12.1. The van der Waals surface area contributed by atoms with E-state index in [0.29, 0.717) is 11.8 Å². The van der Waals surface area contributed by atoms with Gasteiger partial charge in [0.15, 0.2) is 11.2 Å². The van der Waals surface area contributed by atoms with Crippen molar-refractivity contribution in [1.29, 1.82) is 0 Å². The number of aryl methyl sites for hydroxylation is 4. The summed E-state index contributed by atoms with van der Waals surface area (Å²) in [4.78, 5) is 9.33. The lowest BCUT2D eigenvalue weighted by Crippen LogP contribution is -1.80. The average molecular weight is 471 g/mol. The van der Waals surface area contributed by atoms with Gasteiger partial charge in [0.2, 0.25) is 11.8 Å². The summed E-state index contributed by atoms with van der Waals surface area (Å²) >= 11 is 0. The molecular weight excluding hydrogens is 444 g/mol. The lowest BCUT2D eigenvalue weighted by Gasteiger charge is -1.99. The van der Waals surface area contributed by atoms with Crippen molar-refractivity contribution in [2.45, 2.75) is 27.7 Å². The molecule has 0 amide bonds. The Morgan fingerprint density at radius 1 is 0.500 bits per heavy atom. The molecule has 0 unspecified atom stereocenters. The van der Waals surface area contributed by atoms with Gasteiger partial charge in [-0.15, -0.1) is 0 Å². The van der Waals surface area contributed by atoms with Gasteiger partial charge in [-0.3, -0.25) is 0 Å². The molecule has 0 aliphatic heterocycles. The molecule has 0 atom stereocenters. The van der Waals surface area contributed by atoms with Crippen LogP contribution in [0.1, 0.15) is 33.4 Å². The Bertz CT molecular complexity index is 1540. The fourth-order valence-corrected chi connectivity index (χ4v) is 4.27. The second-order valence-corrected chi connectivity index (χ2v) is 9.42. The van der Waals surface area contributed by atoms with Crippen LogP contribution in [0.2, 0.25) is 0 Å². The van der Waals surface area contributed by atoms with E-state index in [-0.39, 0.29) is 0 Å². The van der Waals surface area contributed by atoms with Gasteiger partial charge in [-0.1, -0.05) is 36.4 Å². The third-order valence-electron chi connectivity index (χ3n) is 6.79. The Kier molecular flexibility index (Phi) is 5.30. The van der Waals surface area contributed by atoms with Crippen LogP contribution >= 0.6 is 0 Å². The Morgan fingerprint density at radius 3 is 1.25 bits per heavy atom.